The number of likely N-dealkylation sites (N-methyl/N-ethyl adjacent to an activating group) is 1. The maximum atomic E-state index is 12.8. The quantitative estimate of drug-likeness (QED) is 0.276. The Bertz CT molecular complexity index is 1330. The molecule has 2 heterocycles. The molecule has 0 spiro atoms. The third-order valence-electron chi connectivity index (χ3n) is 7.65. The summed E-state index contributed by atoms with van der Waals surface area (Å²) < 4.78 is 6.16. The minimum absolute atomic E-state index is 0.150. The summed E-state index contributed by atoms with van der Waals surface area (Å²) in [7, 11) is 0.357. The molecule has 1 N–H and O–H groups in total. The highest BCUT2D eigenvalue weighted by Gasteiger charge is 2.36. The zero-order valence-corrected chi connectivity index (χ0v) is 25.8. The van der Waals surface area contributed by atoms with Gasteiger partial charge in [-0.05, 0) is 55.0 Å². The predicted octanol–water partition coefficient (Wildman–Crippen LogP) is 6.18. The van der Waals surface area contributed by atoms with Crippen LogP contribution in [0, 0.1) is 11.8 Å². The largest absolute Gasteiger partial charge is 0.406 e. The molecule has 4 rings (SSSR count). The summed E-state index contributed by atoms with van der Waals surface area (Å²) in [5.41, 5.74) is 4.56. The molecule has 1 aromatic heterocycles. The molecule has 206 valence electrons. The summed E-state index contributed by atoms with van der Waals surface area (Å²) in [4.78, 5) is 22.3. The van der Waals surface area contributed by atoms with Crippen molar-refractivity contribution < 1.29 is 9.22 Å². The zero-order valence-electron chi connectivity index (χ0n) is 24.0. The van der Waals surface area contributed by atoms with Crippen molar-refractivity contribution in [2.45, 2.75) is 45.4 Å². The highest BCUT2D eigenvalue weighted by molar-refractivity contribution is 7.14. The van der Waals surface area contributed by atoms with Crippen LogP contribution < -0.4 is 5.32 Å². The summed E-state index contributed by atoms with van der Waals surface area (Å²) >= 11 is 1.42. The van der Waals surface area contributed by atoms with Gasteiger partial charge in [0.2, 0.25) is 0 Å². The third-order valence-corrected chi connectivity index (χ3v) is 12.9. The number of nitrogens with one attached hydrogen (secondary N) is 1. The first-order chi connectivity index (χ1) is 18.5. The molecule has 8 heteroatoms. The van der Waals surface area contributed by atoms with E-state index in [2.05, 4.69) is 72.9 Å². The van der Waals surface area contributed by atoms with Crippen molar-refractivity contribution in [3.8, 4) is 23.1 Å². The average molecular weight is 561 g/mol. The molecule has 2 aromatic carbocycles. The van der Waals surface area contributed by atoms with Crippen molar-refractivity contribution in [2.75, 3.05) is 45.2 Å². The molecular weight excluding hydrogens is 521 g/mol. The van der Waals surface area contributed by atoms with Gasteiger partial charge in [0.15, 0.2) is 13.4 Å². The van der Waals surface area contributed by atoms with Crippen molar-refractivity contribution in [3.63, 3.8) is 0 Å². The van der Waals surface area contributed by atoms with Gasteiger partial charge in [-0.15, -0.1) is 11.3 Å². The second kappa shape index (κ2) is 12.6. The number of amides is 1. The molecule has 1 aliphatic rings. The van der Waals surface area contributed by atoms with E-state index in [9.17, 15) is 4.79 Å². The van der Waals surface area contributed by atoms with Crippen LogP contribution in [0.4, 0.5) is 5.13 Å². The number of anilines is 1. The standard InChI is InChI=1S/C31H40N4O2SSi/c1-31(2,3)39(5,6)37-20-8-10-24-9-7-11-27(21-24)28-23-38-30(32-28)33-29(36)26-14-12-25(13-15-26)22-35-18-16-34(4)17-19-35/h7,9,11-15,21,23H,16-20,22H2,1-6H3,(H,32,33,36). The Hall–Kier alpha value is -2.80. The van der Waals surface area contributed by atoms with Gasteiger partial charge in [0.05, 0.1) is 12.3 Å². The Morgan fingerprint density at radius 1 is 1.10 bits per heavy atom. The lowest BCUT2D eigenvalue weighted by Gasteiger charge is -2.35. The first kappa shape index (κ1) is 29.2. The molecule has 1 fully saturated rings. The normalized spacial score (nSPS) is 15.0. The number of carbonyl (C=O) groups is 1. The van der Waals surface area contributed by atoms with E-state index < -0.39 is 8.32 Å². The lowest BCUT2D eigenvalue weighted by molar-refractivity contribution is 0.102. The maximum absolute atomic E-state index is 12.8. The lowest BCUT2D eigenvalue weighted by Crippen LogP contribution is -2.43. The molecule has 0 bridgehead atoms. The van der Waals surface area contributed by atoms with Crippen LogP contribution in [0.2, 0.25) is 18.1 Å². The Balaban J connectivity index is 1.33. The van der Waals surface area contributed by atoms with E-state index in [0.717, 1.165) is 49.5 Å². The molecule has 0 saturated carbocycles. The van der Waals surface area contributed by atoms with Gasteiger partial charge in [-0.1, -0.05) is 56.9 Å². The number of aromatic nitrogens is 1. The number of carbonyl (C=O) groups excluding carboxylic acids is 1. The highest BCUT2D eigenvalue weighted by Crippen LogP contribution is 2.36. The number of benzene rings is 2. The van der Waals surface area contributed by atoms with Crippen LogP contribution in [0.5, 0.6) is 0 Å². The van der Waals surface area contributed by atoms with E-state index in [1.807, 2.05) is 53.9 Å². The number of thiazole rings is 1. The fraction of sp³-hybridized carbons (Fsp3) is 0.419. The molecule has 0 atom stereocenters. The Labute approximate surface area is 238 Å². The van der Waals surface area contributed by atoms with Gasteiger partial charge in [0.25, 0.3) is 5.91 Å². The average Bonchev–Trinajstić information content (AvgIpc) is 3.36. The number of hydrogen-bond donors (Lipinski definition) is 1. The monoisotopic (exact) mass is 560 g/mol. The van der Waals surface area contributed by atoms with Crippen molar-refractivity contribution in [1.82, 2.24) is 14.8 Å². The maximum Gasteiger partial charge on any atom is 0.257 e. The first-order valence-corrected chi connectivity index (χ1v) is 17.3. The summed E-state index contributed by atoms with van der Waals surface area (Å²) in [6.45, 7) is 16.9. The molecule has 0 radical (unpaired) electrons. The molecule has 1 amide bonds. The number of nitrogens with zero attached hydrogens (tertiary/aromatic N) is 3. The first-order valence-electron chi connectivity index (χ1n) is 13.5. The van der Waals surface area contributed by atoms with E-state index in [1.165, 1.54) is 16.9 Å². The summed E-state index contributed by atoms with van der Waals surface area (Å²) in [6.07, 6.45) is 0. The van der Waals surface area contributed by atoms with Gasteiger partial charge in [0.1, 0.15) is 0 Å². The Kier molecular flexibility index (Phi) is 9.42. The highest BCUT2D eigenvalue weighted by atomic mass is 32.1. The molecule has 0 unspecified atom stereocenters. The van der Waals surface area contributed by atoms with E-state index in [1.54, 1.807) is 0 Å². The summed E-state index contributed by atoms with van der Waals surface area (Å²) in [5.74, 6) is 6.24. The van der Waals surface area contributed by atoms with Crippen LogP contribution in [-0.2, 0) is 11.0 Å². The summed E-state index contributed by atoms with van der Waals surface area (Å²) in [6, 6.07) is 15.9. The van der Waals surface area contributed by atoms with Crippen LogP contribution >= 0.6 is 11.3 Å². The zero-order chi connectivity index (χ0) is 28.0. The smallest absolute Gasteiger partial charge is 0.257 e. The fourth-order valence-corrected chi connectivity index (χ4v) is 5.57. The van der Waals surface area contributed by atoms with Gasteiger partial charge in [-0.25, -0.2) is 4.98 Å². The van der Waals surface area contributed by atoms with Gasteiger partial charge in [-0.3, -0.25) is 15.0 Å². The predicted molar refractivity (Wildman–Crippen MR) is 165 cm³/mol. The van der Waals surface area contributed by atoms with Crippen LogP contribution in [0.25, 0.3) is 11.3 Å². The molecule has 1 aliphatic heterocycles. The van der Waals surface area contributed by atoms with E-state index in [-0.39, 0.29) is 10.9 Å². The third kappa shape index (κ3) is 8.10. The van der Waals surface area contributed by atoms with Crippen LogP contribution in [0.3, 0.4) is 0 Å². The number of piperazine rings is 1. The Morgan fingerprint density at radius 3 is 2.51 bits per heavy atom. The van der Waals surface area contributed by atoms with Crippen LogP contribution in [-0.4, -0.2) is 68.8 Å². The van der Waals surface area contributed by atoms with Crippen LogP contribution in [0.1, 0.15) is 42.3 Å². The molecule has 39 heavy (non-hydrogen) atoms. The minimum Gasteiger partial charge on any atom is -0.406 e. The van der Waals surface area contributed by atoms with Crippen molar-refractivity contribution >= 4 is 30.7 Å². The van der Waals surface area contributed by atoms with Crippen molar-refractivity contribution in [3.05, 3.63) is 70.6 Å². The lowest BCUT2D eigenvalue weighted by atomic mass is 10.1. The van der Waals surface area contributed by atoms with Crippen LogP contribution in [0.15, 0.2) is 53.9 Å². The number of hydrogen-bond acceptors (Lipinski definition) is 6. The molecule has 0 aliphatic carbocycles. The second-order valence-electron chi connectivity index (χ2n) is 11.7. The van der Waals surface area contributed by atoms with Gasteiger partial charge < -0.3 is 9.33 Å². The second-order valence-corrected chi connectivity index (χ2v) is 17.4. The number of rotatable bonds is 7. The van der Waals surface area contributed by atoms with E-state index in [0.29, 0.717) is 17.3 Å². The fourth-order valence-electron chi connectivity index (χ4n) is 3.99. The Morgan fingerprint density at radius 2 is 1.82 bits per heavy atom. The van der Waals surface area contributed by atoms with Gasteiger partial charge in [-0.2, -0.15) is 0 Å². The topological polar surface area (TPSA) is 57.7 Å². The van der Waals surface area contributed by atoms with Crippen molar-refractivity contribution in [2.24, 2.45) is 0 Å². The van der Waals surface area contributed by atoms with Gasteiger partial charge in [0, 0.05) is 54.8 Å². The molecular formula is C31H40N4O2SSi. The molecule has 1 saturated heterocycles. The summed E-state index contributed by atoms with van der Waals surface area (Å²) in [5, 5.41) is 5.66. The SMILES string of the molecule is CN1CCN(Cc2ccc(C(=O)Nc3nc(-c4cccc(C#CCO[Si](C)(C)C(C)(C)C)c4)cs3)cc2)CC1. The van der Waals surface area contributed by atoms with Crippen molar-refractivity contribution in [1.29, 1.82) is 0 Å². The van der Waals surface area contributed by atoms with Gasteiger partial charge >= 0.3 is 0 Å². The molecule has 6 nitrogen and oxygen atoms in total. The van der Waals surface area contributed by atoms with E-state index >= 15 is 0 Å². The molecule has 3 aromatic rings. The minimum atomic E-state index is -1.81. The van der Waals surface area contributed by atoms with E-state index in [4.69, 9.17) is 4.43 Å².